The van der Waals surface area contributed by atoms with Crippen LogP contribution in [0.2, 0.25) is 4.34 Å². The van der Waals surface area contributed by atoms with Crippen LogP contribution in [0.5, 0.6) is 0 Å². The topological polar surface area (TPSA) is 30.0 Å². The van der Waals surface area contributed by atoms with E-state index in [1.165, 1.54) is 11.3 Å². The molecule has 0 fully saturated rings. The molecule has 0 unspecified atom stereocenters. The lowest BCUT2D eigenvalue weighted by Crippen LogP contribution is -1.56. The molecule has 1 rings (SSSR count). The van der Waals surface area contributed by atoms with Gasteiger partial charge in [0.15, 0.2) is 0 Å². The summed E-state index contributed by atoms with van der Waals surface area (Å²) in [5.41, 5.74) is 0. The molecule has 0 N–H and O–H groups in total. The first kappa shape index (κ1) is 8.59. The first-order chi connectivity index (χ1) is 4.29. The van der Waals surface area contributed by atoms with Crippen LogP contribution in [0, 0.1) is 6.92 Å². The van der Waals surface area contributed by atoms with Crippen LogP contribution in [0.25, 0.3) is 0 Å². The maximum atomic E-state index is 8.00. The molecule has 0 amide bonds. The van der Waals surface area contributed by atoms with E-state index < -0.39 is 0 Å². The van der Waals surface area contributed by atoms with E-state index in [-0.39, 0.29) is 0 Å². The number of thiazole rings is 1. The van der Waals surface area contributed by atoms with Crippen molar-refractivity contribution in [2.24, 2.45) is 0 Å². The molecule has 1 aromatic heterocycles. The van der Waals surface area contributed by atoms with Crippen LogP contribution in [0.15, 0.2) is 6.20 Å². The highest BCUT2D eigenvalue weighted by molar-refractivity contribution is 7.15. The number of carbonyl (C=O) groups excluding carboxylic acids is 1. The van der Waals surface area contributed by atoms with Crippen molar-refractivity contribution in [2.75, 3.05) is 0 Å². The number of hydrogen-bond acceptors (Lipinski definition) is 3. The van der Waals surface area contributed by atoms with Gasteiger partial charge in [-0.15, -0.1) is 11.3 Å². The fraction of sp³-hybridized carbons (Fsp3) is 0.200. The molecule has 0 saturated carbocycles. The average molecular weight is 164 g/mol. The van der Waals surface area contributed by atoms with E-state index in [9.17, 15) is 0 Å². The van der Waals surface area contributed by atoms with E-state index in [0.717, 1.165) is 9.34 Å². The van der Waals surface area contributed by atoms with Gasteiger partial charge in [0.1, 0.15) is 11.1 Å². The number of carbonyl (C=O) groups is 1. The van der Waals surface area contributed by atoms with Gasteiger partial charge in [-0.05, 0) is 6.92 Å². The number of nitrogens with zero attached hydrogens (tertiary/aromatic N) is 1. The van der Waals surface area contributed by atoms with E-state index >= 15 is 0 Å². The van der Waals surface area contributed by atoms with Crippen molar-refractivity contribution in [3.63, 3.8) is 0 Å². The second-order valence-electron chi connectivity index (χ2n) is 1.18. The first-order valence-electron chi connectivity index (χ1n) is 2.16. The maximum Gasteiger partial charge on any atom is 0.113 e. The van der Waals surface area contributed by atoms with Crippen molar-refractivity contribution in [3.05, 3.63) is 15.5 Å². The molecule has 0 spiro atoms. The normalized spacial score (nSPS) is 7.78. The zero-order valence-corrected chi connectivity index (χ0v) is 6.50. The van der Waals surface area contributed by atoms with E-state index in [0.29, 0.717) is 0 Å². The van der Waals surface area contributed by atoms with Gasteiger partial charge >= 0.3 is 0 Å². The maximum absolute atomic E-state index is 8.00. The highest BCUT2D eigenvalue weighted by Crippen LogP contribution is 2.16. The van der Waals surface area contributed by atoms with Crippen molar-refractivity contribution >= 4 is 29.7 Å². The quantitative estimate of drug-likeness (QED) is 0.585. The second kappa shape index (κ2) is 4.47. The minimum absolute atomic E-state index is 0.762. The van der Waals surface area contributed by atoms with Gasteiger partial charge in [-0.3, -0.25) is 0 Å². The van der Waals surface area contributed by atoms with Crippen LogP contribution in [0.1, 0.15) is 5.01 Å². The van der Waals surface area contributed by atoms with Crippen LogP contribution < -0.4 is 0 Å². The Balaban J connectivity index is 0.000000291. The molecule has 1 heterocycles. The smallest absolute Gasteiger partial charge is 0.113 e. The summed E-state index contributed by atoms with van der Waals surface area (Å²) in [7, 11) is 0. The van der Waals surface area contributed by atoms with Gasteiger partial charge < -0.3 is 4.79 Å². The lowest BCUT2D eigenvalue weighted by Gasteiger charge is -1.66. The highest BCUT2D eigenvalue weighted by atomic mass is 35.5. The summed E-state index contributed by atoms with van der Waals surface area (Å²) in [5, 5.41) is 1.02. The molecule has 0 aliphatic rings. The summed E-state index contributed by atoms with van der Waals surface area (Å²) in [4.78, 5) is 11.9. The van der Waals surface area contributed by atoms with Crippen molar-refractivity contribution in [1.29, 1.82) is 0 Å². The van der Waals surface area contributed by atoms with Crippen LogP contribution in [-0.4, -0.2) is 11.8 Å². The molecule has 0 aliphatic heterocycles. The summed E-state index contributed by atoms with van der Waals surface area (Å²) in [5.74, 6) is 0. The van der Waals surface area contributed by atoms with Gasteiger partial charge in [0.2, 0.25) is 0 Å². The SMILES string of the molecule is C=O.Cc1ncc(Cl)s1. The van der Waals surface area contributed by atoms with Crippen molar-refractivity contribution in [2.45, 2.75) is 6.92 Å². The fourth-order valence-electron chi connectivity index (χ4n) is 0.335. The lowest BCUT2D eigenvalue weighted by atomic mass is 10.8. The fourth-order valence-corrected chi connectivity index (χ4v) is 1.21. The first-order valence-corrected chi connectivity index (χ1v) is 3.35. The molecule has 0 aliphatic carbocycles. The van der Waals surface area contributed by atoms with E-state index in [1.54, 1.807) is 6.20 Å². The summed E-state index contributed by atoms with van der Waals surface area (Å²) in [6, 6.07) is 0. The van der Waals surface area contributed by atoms with Crippen LogP contribution >= 0.6 is 22.9 Å². The van der Waals surface area contributed by atoms with E-state index in [1.807, 2.05) is 13.7 Å². The van der Waals surface area contributed by atoms with Crippen molar-refractivity contribution in [1.82, 2.24) is 4.98 Å². The van der Waals surface area contributed by atoms with Crippen molar-refractivity contribution in [3.8, 4) is 0 Å². The number of hydrogen-bond donors (Lipinski definition) is 0. The summed E-state index contributed by atoms with van der Waals surface area (Å²) in [6.45, 7) is 3.93. The van der Waals surface area contributed by atoms with E-state index in [4.69, 9.17) is 16.4 Å². The molecule has 0 bridgehead atoms. The molecule has 1 aromatic rings. The molecule has 50 valence electrons. The van der Waals surface area contributed by atoms with Crippen molar-refractivity contribution < 1.29 is 4.79 Å². The summed E-state index contributed by atoms with van der Waals surface area (Å²) < 4.78 is 0.762. The third-order valence-corrected chi connectivity index (χ3v) is 1.62. The van der Waals surface area contributed by atoms with Gasteiger partial charge in [0.05, 0.1) is 11.2 Å². The van der Waals surface area contributed by atoms with Crippen LogP contribution in [-0.2, 0) is 4.79 Å². The average Bonchev–Trinajstić information content (AvgIpc) is 2.20. The largest absolute Gasteiger partial charge is 0.307 e. The van der Waals surface area contributed by atoms with Gasteiger partial charge in [-0.25, -0.2) is 4.98 Å². The predicted octanol–water partition coefficient (Wildman–Crippen LogP) is 1.92. The van der Waals surface area contributed by atoms with Crippen LogP contribution in [0.4, 0.5) is 0 Å². The molecule has 0 atom stereocenters. The van der Waals surface area contributed by atoms with Gasteiger partial charge in [0, 0.05) is 0 Å². The Morgan fingerprint density at radius 2 is 2.33 bits per heavy atom. The molecule has 2 nitrogen and oxygen atoms in total. The van der Waals surface area contributed by atoms with Crippen LogP contribution in [0.3, 0.4) is 0 Å². The zero-order valence-electron chi connectivity index (χ0n) is 4.93. The molecule has 9 heavy (non-hydrogen) atoms. The molecule has 4 heteroatoms. The van der Waals surface area contributed by atoms with Gasteiger partial charge in [-0.2, -0.15) is 0 Å². The Kier molecular flexibility index (Phi) is 4.26. The van der Waals surface area contributed by atoms with E-state index in [2.05, 4.69) is 4.98 Å². The molecule has 0 saturated heterocycles. The third kappa shape index (κ3) is 3.21. The second-order valence-corrected chi connectivity index (χ2v) is 3.05. The minimum Gasteiger partial charge on any atom is -0.307 e. The number of halogens is 1. The van der Waals surface area contributed by atoms with Gasteiger partial charge in [-0.1, -0.05) is 11.6 Å². The minimum atomic E-state index is 0.762. The van der Waals surface area contributed by atoms with Gasteiger partial charge in [0.25, 0.3) is 0 Å². The number of rotatable bonds is 0. The number of aryl methyl sites for hydroxylation is 1. The molecular weight excluding hydrogens is 158 g/mol. The summed E-state index contributed by atoms with van der Waals surface area (Å²) >= 11 is 7.01. The Hall–Kier alpha value is -0.410. The highest BCUT2D eigenvalue weighted by Gasteiger charge is 1.88. The lowest BCUT2D eigenvalue weighted by molar-refractivity contribution is -0.0979. The summed E-state index contributed by atoms with van der Waals surface area (Å²) in [6.07, 6.45) is 1.65. The Morgan fingerprint density at radius 1 is 1.78 bits per heavy atom. The number of aromatic nitrogens is 1. The standard InChI is InChI=1S/C4H4ClNS.CH2O/c1-3-6-2-4(5)7-3;1-2/h2H,1H3;1H2. The Morgan fingerprint density at radius 3 is 2.44 bits per heavy atom. The predicted molar refractivity (Wildman–Crippen MR) is 39.0 cm³/mol. The molecule has 0 aromatic carbocycles. The Labute approximate surface area is 62.5 Å². The monoisotopic (exact) mass is 163 g/mol. The molecule has 0 radical (unpaired) electrons. The Bertz CT molecular complexity index is 161. The third-order valence-electron chi connectivity index (χ3n) is 0.593. The molecular formula is C5H6ClNOS. The zero-order chi connectivity index (χ0) is 7.28.